The van der Waals surface area contributed by atoms with Crippen molar-refractivity contribution in [1.29, 1.82) is 5.26 Å². The normalized spacial score (nSPS) is 11.2. The Balaban J connectivity index is 2.26. The molecule has 33 heavy (non-hydrogen) atoms. The van der Waals surface area contributed by atoms with E-state index in [0.717, 1.165) is 30.0 Å². The molecule has 6 nitrogen and oxygen atoms in total. The van der Waals surface area contributed by atoms with Gasteiger partial charge in [-0.3, -0.25) is 0 Å². The monoisotopic (exact) mass is 533 g/mol. The van der Waals surface area contributed by atoms with Gasteiger partial charge in [0.05, 0.1) is 23.9 Å². The Hall–Kier alpha value is -3.66. The van der Waals surface area contributed by atoms with Crippen molar-refractivity contribution in [3.8, 4) is 23.3 Å². The predicted molar refractivity (Wildman–Crippen MR) is 105 cm³/mol. The van der Waals surface area contributed by atoms with Crippen LogP contribution in [0.25, 0.3) is 5.69 Å². The first-order chi connectivity index (χ1) is 15.4. The van der Waals surface area contributed by atoms with Crippen molar-refractivity contribution >= 4 is 27.6 Å². The summed E-state index contributed by atoms with van der Waals surface area (Å²) in [6, 6.07) is 3.65. The molecule has 2 aromatic carbocycles. The second-order valence-electron chi connectivity index (χ2n) is 6.38. The van der Waals surface area contributed by atoms with Gasteiger partial charge in [0.15, 0.2) is 34.6 Å². The van der Waals surface area contributed by atoms with Crippen molar-refractivity contribution in [2.75, 3.05) is 12.8 Å². The number of methoxy groups -OCH3 is 1. The lowest BCUT2D eigenvalue weighted by molar-refractivity contribution is -0.138. The molecule has 0 bridgehead atoms. The summed E-state index contributed by atoms with van der Waals surface area (Å²) >= 11 is 2.97. The summed E-state index contributed by atoms with van der Waals surface area (Å²) in [6.45, 7) is 0. The van der Waals surface area contributed by atoms with Gasteiger partial charge >= 0.3 is 12.1 Å². The number of nitrogen functional groups attached to an aromatic ring is 1. The highest BCUT2D eigenvalue weighted by Gasteiger charge is 2.33. The lowest BCUT2D eigenvalue weighted by Crippen LogP contribution is -2.13. The van der Waals surface area contributed by atoms with E-state index in [0.29, 0.717) is 0 Å². The van der Waals surface area contributed by atoms with Crippen molar-refractivity contribution in [2.45, 2.75) is 6.18 Å². The maximum absolute atomic E-state index is 15.0. The third-order valence-electron chi connectivity index (χ3n) is 4.32. The number of hydrogen-bond donors (Lipinski definition) is 1. The molecule has 0 aliphatic rings. The van der Waals surface area contributed by atoms with Crippen LogP contribution in [0.5, 0.6) is 11.5 Å². The van der Waals surface area contributed by atoms with Gasteiger partial charge in [0, 0.05) is 10.7 Å². The molecule has 3 rings (SSSR count). The van der Waals surface area contributed by atoms with Gasteiger partial charge in [-0.05, 0) is 24.3 Å². The number of hydrogen-bond acceptors (Lipinski definition) is 5. The van der Waals surface area contributed by atoms with Gasteiger partial charge in [-0.1, -0.05) is 15.9 Å². The van der Waals surface area contributed by atoms with Gasteiger partial charge in [0.25, 0.3) is 0 Å². The molecule has 0 aliphatic carbocycles. The zero-order chi connectivity index (χ0) is 24.7. The fourth-order valence-corrected chi connectivity index (χ4v) is 3.28. The van der Waals surface area contributed by atoms with Crippen LogP contribution in [-0.4, -0.2) is 17.6 Å². The van der Waals surface area contributed by atoms with E-state index in [1.807, 2.05) is 0 Å². The number of ether oxygens (including phenoxy) is 2. The third kappa shape index (κ3) is 4.47. The molecule has 0 unspecified atom stereocenters. The molecule has 13 heteroatoms. The summed E-state index contributed by atoms with van der Waals surface area (Å²) in [5.74, 6) is -7.49. The number of benzene rings is 2. The molecule has 0 aliphatic heterocycles. The molecule has 0 fully saturated rings. The average molecular weight is 534 g/mol. The Labute approximate surface area is 189 Å². The third-order valence-corrected chi connectivity index (χ3v) is 4.77. The highest BCUT2D eigenvalue weighted by Crippen LogP contribution is 2.40. The molecular weight excluding hydrogens is 524 g/mol. The first-order valence-corrected chi connectivity index (χ1v) is 9.41. The Morgan fingerprint density at radius 3 is 2.24 bits per heavy atom. The molecule has 3 aromatic rings. The molecule has 0 spiro atoms. The van der Waals surface area contributed by atoms with E-state index in [1.54, 1.807) is 6.07 Å². The molecule has 0 amide bonds. The minimum atomic E-state index is -5.03. The topological polar surface area (TPSA) is 90.3 Å². The fraction of sp³-hybridized carbons (Fsp3) is 0.100. The van der Waals surface area contributed by atoms with Crippen LogP contribution in [0.15, 0.2) is 34.9 Å². The van der Waals surface area contributed by atoms with Crippen molar-refractivity contribution in [1.82, 2.24) is 4.57 Å². The number of halogens is 7. The predicted octanol–water partition coefficient (Wildman–Crippen LogP) is 5.71. The molecule has 0 radical (unpaired) electrons. The van der Waals surface area contributed by atoms with Crippen LogP contribution in [0.4, 0.5) is 32.0 Å². The SMILES string of the molecule is COC(=O)c1c(N)c(C#N)cn1-c1c(F)cc(Br)cc1Oc1c(F)cc(C(F)(F)F)cc1F. The summed E-state index contributed by atoms with van der Waals surface area (Å²) in [6.07, 6.45) is -4.07. The van der Waals surface area contributed by atoms with Crippen LogP contribution in [0.1, 0.15) is 21.6 Å². The van der Waals surface area contributed by atoms with Crippen LogP contribution in [0, 0.1) is 28.8 Å². The number of aromatic nitrogens is 1. The van der Waals surface area contributed by atoms with Crippen molar-refractivity contribution in [3.05, 3.63) is 69.2 Å². The van der Waals surface area contributed by atoms with Crippen molar-refractivity contribution in [3.63, 3.8) is 0 Å². The molecular formula is C20H10BrF6N3O3. The van der Waals surface area contributed by atoms with Crippen LogP contribution < -0.4 is 10.5 Å². The molecule has 0 saturated carbocycles. The number of anilines is 1. The average Bonchev–Trinajstić information content (AvgIpc) is 3.04. The highest BCUT2D eigenvalue weighted by atomic mass is 79.9. The number of rotatable bonds is 4. The quantitative estimate of drug-likeness (QED) is 0.342. The van der Waals surface area contributed by atoms with E-state index >= 15 is 0 Å². The van der Waals surface area contributed by atoms with Gasteiger partial charge in [-0.2, -0.15) is 18.4 Å². The maximum Gasteiger partial charge on any atom is 0.416 e. The van der Waals surface area contributed by atoms with Gasteiger partial charge in [-0.15, -0.1) is 0 Å². The number of nitriles is 1. The molecule has 0 saturated heterocycles. The maximum atomic E-state index is 15.0. The second-order valence-corrected chi connectivity index (χ2v) is 7.30. The van der Waals surface area contributed by atoms with Crippen LogP contribution in [0.3, 0.4) is 0 Å². The van der Waals surface area contributed by atoms with E-state index in [4.69, 9.17) is 10.5 Å². The number of carbonyl (C=O) groups excluding carboxylic acids is 1. The summed E-state index contributed by atoms with van der Waals surface area (Å²) in [5.41, 5.74) is 2.43. The Morgan fingerprint density at radius 1 is 1.12 bits per heavy atom. The van der Waals surface area contributed by atoms with Crippen molar-refractivity contribution in [2.24, 2.45) is 0 Å². The van der Waals surface area contributed by atoms with Crippen LogP contribution in [0.2, 0.25) is 0 Å². The summed E-state index contributed by atoms with van der Waals surface area (Å²) in [5, 5.41) is 9.22. The van der Waals surface area contributed by atoms with E-state index < -0.39 is 58.0 Å². The zero-order valence-electron chi connectivity index (χ0n) is 16.2. The Kier molecular flexibility index (Phi) is 6.33. The number of esters is 1. The smallest absolute Gasteiger partial charge is 0.416 e. The fourth-order valence-electron chi connectivity index (χ4n) is 2.88. The second kappa shape index (κ2) is 8.70. The number of nitrogens with two attached hydrogens (primary N) is 1. The lowest BCUT2D eigenvalue weighted by Gasteiger charge is -2.17. The molecule has 0 atom stereocenters. The van der Waals surface area contributed by atoms with Gasteiger partial charge in [-0.25, -0.2) is 18.0 Å². The summed E-state index contributed by atoms with van der Waals surface area (Å²) < 4.78 is 92.6. The molecule has 172 valence electrons. The van der Waals surface area contributed by atoms with Crippen LogP contribution in [-0.2, 0) is 10.9 Å². The summed E-state index contributed by atoms with van der Waals surface area (Å²) in [7, 11) is 0.994. The highest BCUT2D eigenvalue weighted by molar-refractivity contribution is 9.10. The Morgan fingerprint density at radius 2 is 1.73 bits per heavy atom. The van der Waals surface area contributed by atoms with E-state index in [-0.39, 0.29) is 27.9 Å². The number of nitrogens with zero attached hydrogens (tertiary/aromatic N) is 2. The first kappa shape index (κ1) is 24.0. The standard InChI is InChI=1S/C20H10BrF6N3O3/c1-32-19(31)17-15(29)8(6-28)7-30(17)16-11(22)4-10(21)5-14(16)33-18-12(23)2-9(3-13(18)24)20(25,26)27/h2-5,7H,29H2,1H3. The zero-order valence-corrected chi connectivity index (χ0v) is 17.8. The number of carbonyl (C=O) groups is 1. The van der Waals surface area contributed by atoms with E-state index in [9.17, 15) is 36.4 Å². The van der Waals surface area contributed by atoms with E-state index in [1.165, 1.54) is 0 Å². The van der Waals surface area contributed by atoms with Gasteiger partial charge in [0.1, 0.15) is 11.8 Å². The molecule has 1 aromatic heterocycles. The molecule has 2 N–H and O–H groups in total. The lowest BCUT2D eigenvalue weighted by atomic mass is 10.2. The van der Waals surface area contributed by atoms with E-state index in [2.05, 4.69) is 20.7 Å². The molecule has 1 heterocycles. The largest absolute Gasteiger partial charge is 0.464 e. The minimum Gasteiger partial charge on any atom is -0.464 e. The summed E-state index contributed by atoms with van der Waals surface area (Å²) in [4.78, 5) is 12.2. The van der Waals surface area contributed by atoms with Crippen molar-refractivity contribution < 1.29 is 40.6 Å². The minimum absolute atomic E-state index is 0.00768. The van der Waals surface area contributed by atoms with Gasteiger partial charge in [0.2, 0.25) is 0 Å². The Bertz CT molecular complexity index is 1290. The first-order valence-electron chi connectivity index (χ1n) is 8.61. The number of alkyl halides is 3. The van der Waals surface area contributed by atoms with Gasteiger partial charge < -0.3 is 19.8 Å². The van der Waals surface area contributed by atoms with Crippen LogP contribution >= 0.6 is 15.9 Å².